The predicted molar refractivity (Wildman–Crippen MR) is 175 cm³/mol. The van der Waals surface area contributed by atoms with Crippen LogP contribution in [0.4, 0.5) is 11.4 Å². The Labute approximate surface area is 256 Å². The van der Waals surface area contributed by atoms with Crippen LogP contribution in [0.1, 0.15) is 102 Å². The van der Waals surface area contributed by atoms with Gasteiger partial charge in [0.15, 0.2) is 0 Å². The van der Waals surface area contributed by atoms with Crippen molar-refractivity contribution >= 4 is 35.3 Å². The van der Waals surface area contributed by atoms with Crippen LogP contribution in [0.25, 0.3) is 12.2 Å². The highest BCUT2D eigenvalue weighted by Gasteiger charge is 2.38. The topological polar surface area (TPSA) is 139 Å². The molecule has 6 N–H and O–H groups in total. The summed E-state index contributed by atoms with van der Waals surface area (Å²) in [6.07, 6.45) is 14.3. The lowest BCUT2D eigenvalue weighted by atomic mass is 9.83. The lowest BCUT2D eigenvalue weighted by Gasteiger charge is -2.28. The van der Waals surface area contributed by atoms with Crippen molar-refractivity contribution < 1.29 is 30.0 Å². The number of amides is 2. The molecule has 0 bridgehead atoms. The highest BCUT2D eigenvalue weighted by Crippen LogP contribution is 2.35. The van der Waals surface area contributed by atoms with Crippen LogP contribution in [0.2, 0.25) is 0 Å². The number of hydrogen-bond donors (Lipinski definition) is 6. The van der Waals surface area contributed by atoms with Crippen LogP contribution in [-0.4, -0.2) is 45.5 Å². The van der Waals surface area contributed by atoms with Crippen molar-refractivity contribution in [2.24, 2.45) is 5.41 Å². The monoisotopic (exact) mass is 594 g/mol. The highest BCUT2D eigenvalue weighted by atomic mass is 16.3. The number of aliphatic hydroxyl groups is 4. The molecule has 0 heterocycles. The molecule has 2 rings (SSSR count). The zero-order valence-electron chi connectivity index (χ0n) is 25.8. The molecule has 8 nitrogen and oxygen atoms in total. The molecule has 0 fully saturated rings. The molecule has 0 saturated carbocycles. The number of carbonyl (C=O) groups is 2. The van der Waals surface area contributed by atoms with Crippen LogP contribution < -0.4 is 10.6 Å². The van der Waals surface area contributed by atoms with Crippen LogP contribution in [0.5, 0.6) is 0 Å². The zero-order chi connectivity index (χ0) is 31.5. The standard InChI is InChI=1S/C35H50N2O6/c1-3-5-7-9-11-13-33(42)36-29-19-15-27(16-20-29)23-31(40)35(25-38,26-39)32(41)24-28-17-21-30(22-18-28)37-34(43)14-12-10-8-6-4-2/h15-24,38-41H,3-14,25-26H2,1-2H3,(H,36,42)(H,37,43). The first-order valence-electron chi connectivity index (χ1n) is 15.6. The molecule has 0 spiro atoms. The quantitative estimate of drug-likeness (QED) is 0.0684. The summed E-state index contributed by atoms with van der Waals surface area (Å²) in [5.74, 6) is -0.938. The molecule has 0 aliphatic carbocycles. The molecule has 0 saturated heterocycles. The third-order valence-electron chi connectivity index (χ3n) is 7.53. The Balaban J connectivity index is 2.03. The van der Waals surface area contributed by atoms with E-state index >= 15 is 0 Å². The van der Waals surface area contributed by atoms with Crippen molar-refractivity contribution in [2.45, 2.75) is 90.9 Å². The van der Waals surface area contributed by atoms with Crippen LogP contribution in [0.15, 0.2) is 60.0 Å². The van der Waals surface area contributed by atoms with E-state index in [1.807, 2.05) is 0 Å². The molecule has 0 atom stereocenters. The molecule has 0 unspecified atom stereocenters. The fraction of sp³-hybridized carbons (Fsp3) is 0.486. The second-order valence-electron chi connectivity index (χ2n) is 11.1. The van der Waals surface area contributed by atoms with Crippen molar-refractivity contribution in [1.29, 1.82) is 0 Å². The van der Waals surface area contributed by atoms with E-state index < -0.39 is 30.1 Å². The maximum atomic E-state index is 12.2. The maximum Gasteiger partial charge on any atom is 0.224 e. The second-order valence-corrected chi connectivity index (χ2v) is 11.1. The molecule has 43 heavy (non-hydrogen) atoms. The minimum Gasteiger partial charge on any atom is -0.511 e. The average Bonchev–Trinajstić information content (AvgIpc) is 3.00. The van der Waals surface area contributed by atoms with Gasteiger partial charge in [0.2, 0.25) is 11.8 Å². The second kappa shape index (κ2) is 19.5. The summed E-state index contributed by atoms with van der Waals surface area (Å²) in [7, 11) is 0. The van der Waals surface area contributed by atoms with Crippen molar-refractivity contribution in [1.82, 2.24) is 0 Å². The number of carbonyl (C=O) groups excluding carboxylic acids is 2. The molecule has 0 radical (unpaired) electrons. The molecule has 236 valence electrons. The average molecular weight is 595 g/mol. The first-order valence-corrected chi connectivity index (χ1v) is 15.6. The summed E-state index contributed by atoms with van der Waals surface area (Å²) >= 11 is 0. The van der Waals surface area contributed by atoms with Gasteiger partial charge in [-0.2, -0.15) is 0 Å². The fourth-order valence-electron chi connectivity index (χ4n) is 4.65. The number of benzene rings is 2. The minimum atomic E-state index is -1.82. The summed E-state index contributed by atoms with van der Waals surface area (Å²) in [4.78, 5) is 24.4. The molecule has 2 amide bonds. The van der Waals surface area contributed by atoms with Crippen LogP contribution in [-0.2, 0) is 9.59 Å². The van der Waals surface area contributed by atoms with E-state index in [-0.39, 0.29) is 11.8 Å². The Kier molecular flexibility index (Phi) is 16.2. The van der Waals surface area contributed by atoms with E-state index in [1.165, 1.54) is 25.0 Å². The summed E-state index contributed by atoms with van der Waals surface area (Å²) < 4.78 is 0. The third kappa shape index (κ3) is 12.3. The molecule has 2 aromatic rings. The summed E-state index contributed by atoms with van der Waals surface area (Å²) in [6, 6.07) is 13.6. The Morgan fingerprint density at radius 2 is 0.953 bits per heavy atom. The summed E-state index contributed by atoms with van der Waals surface area (Å²) in [5, 5.41) is 47.9. The number of unbranched alkanes of at least 4 members (excludes halogenated alkanes) is 8. The van der Waals surface area contributed by atoms with Crippen molar-refractivity contribution in [3.8, 4) is 0 Å². The van der Waals surface area contributed by atoms with Gasteiger partial charge in [-0.1, -0.05) is 89.5 Å². The van der Waals surface area contributed by atoms with Crippen LogP contribution in [0, 0.1) is 5.41 Å². The number of anilines is 2. The van der Waals surface area contributed by atoms with E-state index in [0.29, 0.717) is 35.3 Å². The van der Waals surface area contributed by atoms with Crippen molar-refractivity contribution in [2.75, 3.05) is 23.8 Å². The van der Waals surface area contributed by atoms with E-state index in [1.54, 1.807) is 48.5 Å². The summed E-state index contributed by atoms with van der Waals surface area (Å²) in [5.41, 5.74) is 0.537. The van der Waals surface area contributed by atoms with Crippen LogP contribution in [0.3, 0.4) is 0 Å². The van der Waals surface area contributed by atoms with E-state index in [2.05, 4.69) is 24.5 Å². The van der Waals surface area contributed by atoms with Gasteiger partial charge in [0.25, 0.3) is 0 Å². The third-order valence-corrected chi connectivity index (χ3v) is 7.53. The van der Waals surface area contributed by atoms with Gasteiger partial charge in [-0.25, -0.2) is 0 Å². The lowest BCUT2D eigenvalue weighted by molar-refractivity contribution is -0.117. The first-order chi connectivity index (χ1) is 20.8. The molecule has 0 aliphatic rings. The van der Waals surface area contributed by atoms with Gasteiger partial charge in [-0.05, 0) is 60.4 Å². The van der Waals surface area contributed by atoms with Gasteiger partial charge < -0.3 is 31.1 Å². The van der Waals surface area contributed by atoms with E-state index in [9.17, 15) is 30.0 Å². The number of hydrogen-bond acceptors (Lipinski definition) is 6. The molecular formula is C35H50N2O6. The van der Waals surface area contributed by atoms with Gasteiger partial charge in [0, 0.05) is 24.2 Å². The Hall–Kier alpha value is -3.62. The molecule has 0 aromatic heterocycles. The smallest absolute Gasteiger partial charge is 0.224 e. The van der Waals surface area contributed by atoms with E-state index in [4.69, 9.17) is 0 Å². The Morgan fingerprint density at radius 3 is 1.28 bits per heavy atom. The van der Waals surface area contributed by atoms with Gasteiger partial charge in [-0.15, -0.1) is 0 Å². The van der Waals surface area contributed by atoms with Gasteiger partial charge in [0.1, 0.15) is 16.9 Å². The molecular weight excluding hydrogens is 544 g/mol. The predicted octanol–water partition coefficient (Wildman–Crippen LogP) is 7.75. The number of rotatable bonds is 20. The summed E-state index contributed by atoms with van der Waals surface area (Å²) in [6.45, 7) is 2.82. The largest absolute Gasteiger partial charge is 0.511 e. The van der Waals surface area contributed by atoms with Crippen molar-refractivity contribution in [3.05, 3.63) is 71.2 Å². The Bertz CT molecular complexity index is 1080. The van der Waals surface area contributed by atoms with E-state index in [0.717, 1.165) is 51.4 Å². The highest BCUT2D eigenvalue weighted by molar-refractivity contribution is 5.91. The molecule has 0 aliphatic heterocycles. The van der Waals surface area contributed by atoms with Crippen LogP contribution >= 0.6 is 0 Å². The Morgan fingerprint density at radius 1 is 0.605 bits per heavy atom. The molecule has 8 heteroatoms. The first kappa shape index (κ1) is 35.6. The van der Waals surface area contributed by atoms with Gasteiger partial charge >= 0.3 is 0 Å². The van der Waals surface area contributed by atoms with Crippen molar-refractivity contribution in [3.63, 3.8) is 0 Å². The SMILES string of the molecule is CCCCCCCC(=O)Nc1ccc(C=C(O)C(CO)(CO)C(O)=Cc2ccc(NC(=O)CCCCCCC)cc2)cc1. The van der Waals surface area contributed by atoms with Gasteiger partial charge in [-0.3, -0.25) is 9.59 Å². The zero-order valence-corrected chi connectivity index (χ0v) is 25.8. The number of aliphatic hydroxyl groups excluding tert-OH is 4. The molecule has 2 aromatic carbocycles. The normalized spacial score (nSPS) is 12.3. The van der Waals surface area contributed by atoms with Gasteiger partial charge in [0.05, 0.1) is 13.2 Å². The lowest BCUT2D eigenvalue weighted by Crippen LogP contribution is -2.34. The number of nitrogens with one attached hydrogen (secondary N) is 2. The maximum absolute atomic E-state index is 12.2. The fourth-order valence-corrected chi connectivity index (χ4v) is 4.65. The minimum absolute atomic E-state index is 0.0505.